The van der Waals surface area contributed by atoms with Gasteiger partial charge in [-0.3, -0.25) is 4.90 Å². The molecule has 1 saturated heterocycles. The second-order valence-electron chi connectivity index (χ2n) is 5.25. The highest BCUT2D eigenvalue weighted by Crippen LogP contribution is 2.19. The molecule has 94 valence electrons. The van der Waals surface area contributed by atoms with Gasteiger partial charge in [0.15, 0.2) is 0 Å². The van der Waals surface area contributed by atoms with E-state index in [1.807, 2.05) is 0 Å². The minimum atomic E-state index is 0.474. The Balaban J connectivity index is 1.69. The zero-order valence-corrected chi connectivity index (χ0v) is 10.7. The van der Waals surface area contributed by atoms with Gasteiger partial charge >= 0.3 is 0 Å². The summed E-state index contributed by atoms with van der Waals surface area (Å²) in [6, 6.07) is 1.48. The highest BCUT2D eigenvalue weighted by Gasteiger charge is 2.26. The molecule has 0 aromatic rings. The van der Waals surface area contributed by atoms with Crippen LogP contribution in [-0.2, 0) is 4.74 Å². The Morgan fingerprint density at radius 1 is 1.38 bits per heavy atom. The van der Waals surface area contributed by atoms with Gasteiger partial charge in [-0.25, -0.2) is 0 Å². The first-order chi connectivity index (χ1) is 7.79. The van der Waals surface area contributed by atoms with Crippen LogP contribution in [0.15, 0.2) is 0 Å². The first kappa shape index (κ1) is 12.3. The minimum absolute atomic E-state index is 0.474. The van der Waals surface area contributed by atoms with Crippen LogP contribution >= 0.6 is 0 Å². The number of nitrogens with one attached hydrogen (secondary N) is 1. The van der Waals surface area contributed by atoms with E-state index in [1.54, 1.807) is 0 Å². The summed E-state index contributed by atoms with van der Waals surface area (Å²) in [6.45, 7) is 8.80. The second-order valence-corrected chi connectivity index (χ2v) is 5.25. The number of ether oxygens (including phenoxy) is 1. The lowest BCUT2D eigenvalue weighted by Gasteiger charge is -2.36. The molecule has 3 heteroatoms. The van der Waals surface area contributed by atoms with Crippen molar-refractivity contribution in [3.05, 3.63) is 0 Å². The Kier molecular flexibility index (Phi) is 4.62. The van der Waals surface area contributed by atoms with Crippen LogP contribution in [0, 0.1) is 0 Å². The van der Waals surface area contributed by atoms with E-state index in [4.69, 9.17) is 4.74 Å². The molecule has 2 aliphatic rings. The van der Waals surface area contributed by atoms with E-state index in [9.17, 15) is 0 Å². The molecule has 1 aliphatic carbocycles. The summed E-state index contributed by atoms with van der Waals surface area (Å²) in [4.78, 5) is 2.58. The number of piperidine rings is 1. The molecule has 1 heterocycles. The SMILES string of the molecule is CCOC1CCCN(C(C)CNC2CC2)C1. The van der Waals surface area contributed by atoms with E-state index >= 15 is 0 Å². The average molecular weight is 226 g/mol. The van der Waals surface area contributed by atoms with Crippen LogP contribution in [-0.4, -0.2) is 49.3 Å². The third kappa shape index (κ3) is 3.72. The Hall–Kier alpha value is -0.120. The van der Waals surface area contributed by atoms with E-state index in [-0.39, 0.29) is 0 Å². The molecule has 0 bridgehead atoms. The number of nitrogens with zero attached hydrogens (tertiary/aromatic N) is 1. The van der Waals surface area contributed by atoms with Crippen LogP contribution in [0.4, 0.5) is 0 Å². The van der Waals surface area contributed by atoms with E-state index in [0.29, 0.717) is 12.1 Å². The molecule has 0 radical (unpaired) electrons. The maximum absolute atomic E-state index is 5.74. The largest absolute Gasteiger partial charge is 0.377 e. The number of hydrogen-bond donors (Lipinski definition) is 1. The van der Waals surface area contributed by atoms with Gasteiger partial charge in [0, 0.05) is 31.8 Å². The van der Waals surface area contributed by atoms with Gasteiger partial charge in [-0.2, -0.15) is 0 Å². The van der Waals surface area contributed by atoms with Crippen molar-refractivity contribution in [1.82, 2.24) is 10.2 Å². The smallest absolute Gasteiger partial charge is 0.0702 e. The highest BCUT2D eigenvalue weighted by atomic mass is 16.5. The molecular formula is C13H26N2O. The molecule has 1 aliphatic heterocycles. The van der Waals surface area contributed by atoms with E-state index in [2.05, 4.69) is 24.1 Å². The summed E-state index contributed by atoms with van der Waals surface area (Å²) >= 11 is 0. The molecular weight excluding hydrogens is 200 g/mol. The molecule has 1 saturated carbocycles. The van der Waals surface area contributed by atoms with Gasteiger partial charge in [-0.15, -0.1) is 0 Å². The summed E-state index contributed by atoms with van der Waals surface area (Å²) < 4.78 is 5.74. The topological polar surface area (TPSA) is 24.5 Å². The molecule has 0 aromatic carbocycles. The van der Waals surface area contributed by atoms with E-state index < -0.39 is 0 Å². The predicted octanol–water partition coefficient (Wildman–Crippen LogP) is 1.63. The fourth-order valence-corrected chi connectivity index (χ4v) is 2.49. The summed E-state index contributed by atoms with van der Waals surface area (Å²) in [5, 5.41) is 3.62. The van der Waals surface area contributed by atoms with Crippen LogP contribution in [0.25, 0.3) is 0 Å². The average Bonchev–Trinajstić information content (AvgIpc) is 3.10. The van der Waals surface area contributed by atoms with Gasteiger partial charge in [0.1, 0.15) is 0 Å². The van der Waals surface area contributed by atoms with Crippen molar-refractivity contribution < 1.29 is 4.74 Å². The normalized spacial score (nSPS) is 29.2. The van der Waals surface area contributed by atoms with Crippen LogP contribution in [0.5, 0.6) is 0 Å². The van der Waals surface area contributed by atoms with Crippen LogP contribution in [0.3, 0.4) is 0 Å². The molecule has 16 heavy (non-hydrogen) atoms. The monoisotopic (exact) mass is 226 g/mol. The van der Waals surface area contributed by atoms with Crippen LogP contribution in [0.1, 0.15) is 39.5 Å². The van der Waals surface area contributed by atoms with Crippen molar-refractivity contribution in [2.24, 2.45) is 0 Å². The minimum Gasteiger partial charge on any atom is -0.377 e. The lowest BCUT2D eigenvalue weighted by Crippen LogP contribution is -2.48. The highest BCUT2D eigenvalue weighted by molar-refractivity contribution is 4.84. The fraction of sp³-hybridized carbons (Fsp3) is 1.00. The summed E-state index contributed by atoms with van der Waals surface area (Å²) in [7, 11) is 0. The Labute approximate surface area is 99.5 Å². The lowest BCUT2D eigenvalue weighted by atomic mass is 10.1. The number of rotatable bonds is 6. The number of likely N-dealkylation sites (tertiary alicyclic amines) is 1. The Morgan fingerprint density at radius 3 is 2.88 bits per heavy atom. The Bertz CT molecular complexity index is 204. The van der Waals surface area contributed by atoms with Crippen molar-refractivity contribution >= 4 is 0 Å². The molecule has 2 rings (SSSR count). The standard InChI is InChI=1S/C13H26N2O/c1-3-16-13-5-4-8-15(10-13)11(2)9-14-12-6-7-12/h11-14H,3-10H2,1-2H3. The quantitative estimate of drug-likeness (QED) is 0.745. The maximum Gasteiger partial charge on any atom is 0.0702 e. The molecule has 2 atom stereocenters. The predicted molar refractivity (Wildman–Crippen MR) is 66.7 cm³/mol. The first-order valence-electron chi connectivity index (χ1n) is 6.88. The third-order valence-corrected chi connectivity index (χ3v) is 3.71. The van der Waals surface area contributed by atoms with Crippen molar-refractivity contribution in [3.63, 3.8) is 0 Å². The third-order valence-electron chi connectivity index (χ3n) is 3.71. The molecule has 0 amide bonds. The van der Waals surface area contributed by atoms with Gasteiger partial charge in [0.05, 0.1) is 6.10 Å². The molecule has 3 nitrogen and oxygen atoms in total. The van der Waals surface area contributed by atoms with Crippen molar-refractivity contribution in [1.29, 1.82) is 0 Å². The zero-order chi connectivity index (χ0) is 11.4. The maximum atomic E-state index is 5.74. The molecule has 0 spiro atoms. The van der Waals surface area contributed by atoms with Crippen molar-refractivity contribution in [3.8, 4) is 0 Å². The Morgan fingerprint density at radius 2 is 2.19 bits per heavy atom. The van der Waals surface area contributed by atoms with Gasteiger partial charge in [-0.05, 0) is 46.1 Å². The number of hydrogen-bond acceptors (Lipinski definition) is 3. The summed E-state index contributed by atoms with van der Waals surface area (Å²) in [5.41, 5.74) is 0. The summed E-state index contributed by atoms with van der Waals surface area (Å²) in [6.07, 6.45) is 5.77. The lowest BCUT2D eigenvalue weighted by molar-refractivity contribution is -0.00489. The van der Waals surface area contributed by atoms with Crippen molar-refractivity contribution in [2.75, 3.05) is 26.2 Å². The van der Waals surface area contributed by atoms with Gasteiger partial charge in [0.2, 0.25) is 0 Å². The molecule has 2 fully saturated rings. The molecule has 2 unspecified atom stereocenters. The van der Waals surface area contributed by atoms with Crippen LogP contribution in [0.2, 0.25) is 0 Å². The second kappa shape index (κ2) is 5.99. The summed E-state index contributed by atoms with van der Waals surface area (Å²) in [5.74, 6) is 0. The van der Waals surface area contributed by atoms with E-state index in [0.717, 1.165) is 25.7 Å². The fourth-order valence-electron chi connectivity index (χ4n) is 2.49. The van der Waals surface area contributed by atoms with Gasteiger partial charge in [-0.1, -0.05) is 0 Å². The van der Waals surface area contributed by atoms with Crippen molar-refractivity contribution in [2.45, 2.75) is 57.7 Å². The van der Waals surface area contributed by atoms with Crippen LogP contribution < -0.4 is 5.32 Å². The molecule has 1 N–H and O–H groups in total. The first-order valence-corrected chi connectivity index (χ1v) is 6.88. The zero-order valence-electron chi connectivity index (χ0n) is 10.7. The molecule has 0 aromatic heterocycles. The van der Waals surface area contributed by atoms with Gasteiger partial charge < -0.3 is 10.1 Å². The van der Waals surface area contributed by atoms with Gasteiger partial charge in [0.25, 0.3) is 0 Å². The van der Waals surface area contributed by atoms with E-state index in [1.165, 1.54) is 32.2 Å².